The van der Waals surface area contributed by atoms with Crippen molar-refractivity contribution in [3.05, 3.63) is 29.3 Å². The summed E-state index contributed by atoms with van der Waals surface area (Å²) in [5, 5.41) is 5.38. The van der Waals surface area contributed by atoms with Crippen molar-refractivity contribution < 1.29 is 14.3 Å². The minimum Gasteiger partial charge on any atom is -0.483 e. The van der Waals surface area contributed by atoms with Gasteiger partial charge in [0.05, 0.1) is 0 Å². The summed E-state index contributed by atoms with van der Waals surface area (Å²) in [6.45, 7) is 2.39. The van der Waals surface area contributed by atoms with E-state index in [2.05, 4.69) is 5.32 Å². The number of primary amides is 1. The first-order valence-electron chi connectivity index (χ1n) is 6.60. The number of aryl methyl sites for hydroxylation is 1. The normalized spacial score (nSPS) is 13.8. The van der Waals surface area contributed by atoms with Crippen LogP contribution >= 0.6 is 0 Å². The third-order valence-corrected chi connectivity index (χ3v) is 3.06. The summed E-state index contributed by atoms with van der Waals surface area (Å²) >= 11 is 0. The number of para-hydroxylation sites is 1. The van der Waals surface area contributed by atoms with Gasteiger partial charge in [0.1, 0.15) is 5.75 Å². The average Bonchev–Trinajstić information content (AvgIpc) is 3.18. The quantitative estimate of drug-likeness (QED) is 0.717. The van der Waals surface area contributed by atoms with E-state index in [9.17, 15) is 9.59 Å². The standard InChI is InChI=1S/C14H19N3O3/c1-9-3-2-4-10(7-16-11-5-6-11)13(9)20-8-12(18)17-14(15)19/h2-4,11,16H,5-8H2,1H3,(H3,15,17,18,19). The van der Waals surface area contributed by atoms with Crippen LogP contribution in [0.4, 0.5) is 4.79 Å². The minimum absolute atomic E-state index is 0.232. The Bertz CT molecular complexity index is 512. The molecule has 0 aliphatic heterocycles. The summed E-state index contributed by atoms with van der Waals surface area (Å²) in [6.07, 6.45) is 2.42. The number of carbonyl (C=O) groups excluding carboxylic acids is 2. The number of urea groups is 1. The van der Waals surface area contributed by atoms with Crippen LogP contribution in [0.5, 0.6) is 5.75 Å². The van der Waals surface area contributed by atoms with Crippen LogP contribution in [0.15, 0.2) is 18.2 Å². The van der Waals surface area contributed by atoms with Crippen molar-refractivity contribution in [2.45, 2.75) is 32.4 Å². The van der Waals surface area contributed by atoms with Crippen LogP contribution in [-0.2, 0) is 11.3 Å². The summed E-state index contributed by atoms with van der Waals surface area (Å²) < 4.78 is 5.52. The largest absolute Gasteiger partial charge is 0.483 e. The molecule has 1 aliphatic carbocycles. The lowest BCUT2D eigenvalue weighted by Gasteiger charge is -2.14. The number of nitrogens with one attached hydrogen (secondary N) is 2. The highest BCUT2D eigenvalue weighted by atomic mass is 16.5. The third-order valence-electron chi connectivity index (χ3n) is 3.06. The molecule has 0 radical (unpaired) electrons. The second kappa shape index (κ2) is 6.38. The molecule has 3 amide bonds. The molecule has 0 spiro atoms. The van der Waals surface area contributed by atoms with E-state index in [0.29, 0.717) is 18.3 Å². The molecule has 0 unspecified atom stereocenters. The highest BCUT2D eigenvalue weighted by Gasteiger charge is 2.21. The predicted molar refractivity (Wildman–Crippen MR) is 74.3 cm³/mol. The molecule has 4 N–H and O–H groups in total. The third kappa shape index (κ3) is 4.24. The zero-order valence-electron chi connectivity index (χ0n) is 11.4. The summed E-state index contributed by atoms with van der Waals surface area (Å²) in [5.74, 6) is 0.127. The van der Waals surface area contributed by atoms with E-state index in [1.165, 1.54) is 12.8 Å². The maximum absolute atomic E-state index is 11.4. The van der Waals surface area contributed by atoms with E-state index >= 15 is 0 Å². The fourth-order valence-corrected chi connectivity index (χ4v) is 1.91. The van der Waals surface area contributed by atoms with Crippen LogP contribution in [0.3, 0.4) is 0 Å². The van der Waals surface area contributed by atoms with Gasteiger partial charge in [-0.3, -0.25) is 10.1 Å². The molecule has 6 nitrogen and oxygen atoms in total. The second-order valence-corrected chi connectivity index (χ2v) is 4.92. The molecular formula is C14H19N3O3. The van der Waals surface area contributed by atoms with Crippen LogP contribution < -0.4 is 21.1 Å². The Kier molecular flexibility index (Phi) is 4.57. The lowest BCUT2D eigenvalue weighted by atomic mass is 10.1. The van der Waals surface area contributed by atoms with Crippen LogP contribution in [0.1, 0.15) is 24.0 Å². The molecule has 20 heavy (non-hydrogen) atoms. The molecule has 1 aromatic carbocycles. The predicted octanol–water partition coefficient (Wildman–Crippen LogP) is 0.821. The summed E-state index contributed by atoms with van der Waals surface area (Å²) in [4.78, 5) is 21.9. The maximum atomic E-state index is 11.4. The van der Waals surface area contributed by atoms with Crippen molar-refractivity contribution >= 4 is 11.9 Å². The van der Waals surface area contributed by atoms with Gasteiger partial charge in [0.2, 0.25) is 0 Å². The van der Waals surface area contributed by atoms with E-state index in [-0.39, 0.29) is 6.61 Å². The van der Waals surface area contributed by atoms with Crippen molar-refractivity contribution in [2.24, 2.45) is 5.73 Å². The van der Waals surface area contributed by atoms with Gasteiger partial charge in [0.25, 0.3) is 5.91 Å². The van der Waals surface area contributed by atoms with Crippen molar-refractivity contribution in [1.29, 1.82) is 0 Å². The van der Waals surface area contributed by atoms with Gasteiger partial charge < -0.3 is 15.8 Å². The van der Waals surface area contributed by atoms with E-state index in [4.69, 9.17) is 10.5 Å². The van der Waals surface area contributed by atoms with Gasteiger partial charge in [-0.05, 0) is 25.3 Å². The minimum atomic E-state index is -0.876. The first kappa shape index (κ1) is 14.3. The number of rotatable bonds is 6. The van der Waals surface area contributed by atoms with Crippen molar-refractivity contribution in [1.82, 2.24) is 10.6 Å². The van der Waals surface area contributed by atoms with E-state index in [1.807, 2.05) is 30.4 Å². The Labute approximate surface area is 117 Å². The molecule has 2 rings (SSSR count). The van der Waals surface area contributed by atoms with Gasteiger partial charge in [-0.25, -0.2) is 4.79 Å². The Morgan fingerprint density at radius 1 is 1.40 bits per heavy atom. The molecule has 0 atom stereocenters. The van der Waals surface area contributed by atoms with E-state index in [1.54, 1.807) is 0 Å². The van der Waals surface area contributed by atoms with Crippen molar-refractivity contribution in [3.63, 3.8) is 0 Å². The molecule has 108 valence electrons. The molecule has 0 heterocycles. The fourth-order valence-electron chi connectivity index (χ4n) is 1.91. The molecule has 0 saturated heterocycles. The molecular weight excluding hydrogens is 258 g/mol. The highest BCUT2D eigenvalue weighted by Crippen LogP contribution is 2.25. The lowest BCUT2D eigenvalue weighted by Crippen LogP contribution is -2.38. The first-order valence-corrected chi connectivity index (χ1v) is 6.60. The fraction of sp³-hybridized carbons (Fsp3) is 0.429. The zero-order chi connectivity index (χ0) is 14.5. The number of carbonyl (C=O) groups is 2. The second-order valence-electron chi connectivity index (χ2n) is 4.92. The molecule has 0 aromatic heterocycles. The van der Waals surface area contributed by atoms with E-state index < -0.39 is 11.9 Å². The Hall–Kier alpha value is -2.08. The van der Waals surface area contributed by atoms with Crippen molar-refractivity contribution in [3.8, 4) is 5.75 Å². The molecule has 1 aromatic rings. The number of hydrogen-bond acceptors (Lipinski definition) is 4. The summed E-state index contributed by atoms with van der Waals surface area (Å²) in [7, 11) is 0. The monoisotopic (exact) mass is 277 g/mol. The van der Waals surface area contributed by atoms with E-state index in [0.717, 1.165) is 11.1 Å². The number of ether oxygens (including phenoxy) is 1. The Morgan fingerprint density at radius 2 is 2.15 bits per heavy atom. The number of imide groups is 1. The molecule has 1 aliphatic rings. The number of benzene rings is 1. The first-order chi connectivity index (χ1) is 9.56. The van der Waals surface area contributed by atoms with Gasteiger partial charge in [0, 0.05) is 18.2 Å². The van der Waals surface area contributed by atoms with Gasteiger partial charge in [-0.1, -0.05) is 18.2 Å². The van der Waals surface area contributed by atoms with Crippen LogP contribution in [0, 0.1) is 6.92 Å². The zero-order valence-corrected chi connectivity index (χ0v) is 11.4. The lowest BCUT2D eigenvalue weighted by molar-refractivity contribution is -0.121. The Morgan fingerprint density at radius 3 is 2.80 bits per heavy atom. The maximum Gasteiger partial charge on any atom is 0.318 e. The van der Waals surface area contributed by atoms with Crippen LogP contribution in [0.2, 0.25) is 0 Å². The van der Waals surface area contributed by atoms with Crippen LogP contribution in [-0.4, -0.2) is 24.6 Å². The average molecular weight is 277 g/mol. The van der Waals surface area contributed by atoms with Crippen molar-refractivity contribution in [2.75, 3.05) is 6.61 Å². The number of hydrogen-bond donors (Lipinski definition) is 3. The number of nitrogens with two attached hydrogens (primary N) is 1. The topological polar surface area (TPSA) is 93.4 Å². The van der Waals surface area contributed by atoms with Crippen LogP contribution in [0.25, 0.3) is 0 Å². The van der Waals surface area contributed by atoms with Gasteiger partial charge >= 0.3 is 6.03 Å². The molecule has 0 bridgehead atoms. The summed E-state index contributed by atoms with van der Waals surface area (Å²) in [5.41, 5.74) is 6.83. The molecule has 1 saturated carbocycles. The smallest absolute Gasteiger partial charge is 0.318 e. The Balaban J connectivity index is 1.97. The van der Waals surface area contributed by atoms with Gasteiger partial charge in [-0.15, -0.1) is 0 Å². The van der Waals surface area contributed by atoms with Gasteiger partial charge in [-0.2, -0.15) is 0 Å². The molecule has 1 fully saturated rings. The van der Waals surface area contributed by atoms with Gasteiger partial charge in [0.15, 0.2) is 6.61 Å². The summed E-state index contributed by atoms with van der Waals surface area (Å²) in [6, 6.07) is 5.56. The SMILES string of the molecule is Cc1cccc(CNC2CC2)c1OCC(=O)NC(N)=O. The number of amides is 3. The highest BCUT2D eigenvalue weighted by molar-refractivity contribution is 5.94. The molecule has 6 heteroatoms.